The first kappa shape index (κ1) is 21.0. The number of carbonyl (C=O) groups excluding carboxylic acids is 2. The van der Waals surface area contributed by atoms with E-state index in [2.05, 4.69) is 20.2 Å². The maximum absolute atomic E-state index is 12.1. The molecule has 1 aliphatic rings. The number of pyridine rings is 1. The maximum Gasteiger partial charge on any atom is 0.312 e. The number of hydrogen-bond donors (Lipinski definition) is 1. The minimum atomic E-state index is -0.504. The van der Waals surface area contributed by atoms with E-state index >= 15 is 0 Å². The van der Waals surface area contributed by atoms with Crippen molar-refractivity contribution in [3.63, 3.8) is 0 Å². The normalized spacial score (nSPS) is 13.6. The first-order valence-electron chi connectivity index (χ1n) is 9.91. The van der Waals surface area contributed by atoms with E-state index in [1.165, 1.54) is 11.3 Å². The van der Waals surface area contributed by atoms with Gasteiger partial charge < -0.3 is 19.7 Å². The Labute approximate surface area is 183 Å². The van der Waals surface area contributed by atoms with Crippen LogP contribution in [0, 0.1) is 0 Å². The number of esters is 1. The highest BCUT2D eigenvalue weighted by Gasteiger charge is 2.14. The Morgan fingerprint density at radius 2 is 1.94 bits per heavy atom. The van der Waals surface area contributed by atoms with Crippen molar-refractivity contribution in [3.8, 4) is 10.7 Å². The highest BCUT2D eigenvalue weighted by atomic mass is 32.1. The van der Waals surface area contributed by atoms with Crippen LogP contribution in [0.4, 0.5) is 11.4 Å². The molecule has 1 aliphatic heterocycles. The van der Waals surface area contributed by atoms with Gasteiger partial charge in [-0.1, -0.05) is 6.07 Å². The van der Waals surface area contributed by atoms with Gasteiger partial charge in [-0.25, -0.2) is 4.98 Å². The predicted octanol–water partition coefficient (Wildman–Crippen LogP) is 2.77. The average molecular weight is 439 g/mol. The molecule has 0 saturated carbocycles. The number of morpholine rings is 1. The standard InChI is InChI=1S/C22H22N4O4S/c27-20(24-16-4-6-18(7-5-16)26-9-11-29-12-10-26)14-30-21(28)13-17-15-31-22(25-17)19-3-1-2-8-23-19/h1-8,15H,9-14H2,(H,24,27). The highest BCUT2D eigenvalue weighted by Crippen LogP contribution is 2.22. The second-order valence-electron chi connectivity index (χ2n) is 6.89. The van der Waals surface area contributed by atoms with Crippen LogP contribution >= 0.6 is 11.3 Å². The van der Waals surface area contributed by atoms with E-state index in [4.69, 9.17) is 9.47 Å². The lowest BCUT2D eigenvalue weighted by Gasteiger charge is -2.28. The van der Waals surface area contributed by atoms with Gasteiger partial charge in [0.1, 0.15) is 5.01 Å². The maximum atomic E-state index is 12.1. The number of rotatable bonds is 7. The molecular weight excluding hydrogens is 416 g/mol. The van der Waals surface area contributed by atoms with Gasteiger partial charge in [-0.3, -0.25) is 14.6 Å². The Kier molecular flexibility index (Phi) is 6.85. The molecule has 160 valence electrons. The molecule has 0 atom stereocenters. The van der Waals surface area contributed by atoms with Crippen LogP contribution in [0.3, 0.4) is 0 Å². The van der Waals surface area contributed by atoms with E-state index in [9.17, 15) is 9.59 Å². The summed E-state index contributed by atoms with van der Waals surface area (Å²) in [5.74, 6) is -0.893. The summed E-state index contributed by atoms with van der Waals surface area (Å²) in [5, 5.41) is 5.27. The number of anilines is 2. The molecule has 2 aromatic heterocycles. The van der Waals surface area contributed by atoms with Gasteiger partial charge in [-0.2, -0.15) is 0 Å². The van der Waals surface area contributed by atoms with Crippen molar-refractivity contribution in [3.05, 3.63) is 59.7 Å². The van der Waals surface area contributed by atoms with E-state index in [1.807, 2.05) is 42.5 Å². The van der Waals surface area contributed by atoms with Gasteiger partial charge in [-0.05, 0) is 36.4 Å². The number of nitrogens with zero attached hydrogens (tertiary/aromatic N) is 3. The molecule has 8 nitrogen and oxygen atoms in total. The van der Waals surface area contributed by atoms with Gasteiger partial charge in [-0.15, -0.1) is 11.3 Å². The third-order valence-corrected chi connectivity index (χ3v) is 5.57. The number of carbonyl (C=O) groups is 2. The van der Waals surface area contributed by atoms with Gasteiger partial charge in [0.25, 0.3) is 5.91 Å². The van der Waals surface area contributed by atoms with E-state index in [0.29, 0.717) is 11.4 Å². The van der Waals surface area contributed by atoms with Crippen molar-refractivity contribution < 1.29 is 19.1 Å². The summed E-state index contributed by atoms with van der Waals surface area (Å²) in [6.45, 7) is 2.79. The molecule has 1 saturated heterocycles. The minimum Gasteiger partial charge on any atom is -0.455 e. The molecule has 9 heteroatoms. The second-order valence-corrected chi connectivity index (χ2v) is 7.75. The Hall–Kier alpha value is -3.30. The van der Waals surface area contributed by atoms with Crippen LogP contribution in [0.5, 0.6) is 0 Å². The van der Waals surface area contributed by atoms with Crippen molar-refractivity contribution in [2.24, 2.45) is 0 Å². The monoisotopic (exact) mass is 438 g/mol. The first-order chi connectivity index (χ1) is 15.2. The van der Waals surface area contributed by atoms with Crippen molar-refractivity contribution in [1.82, 2.24) is 9.97 Å². The number of thiazole rings is 1. The fourth-order valence-electron chi connectivity index (χ4n) is 3.11. The zero-order valence-corrected chi connectivity index (χ0v) is 17.6. The highest BCUT2D eigenvalue weighted by molar-refractivity contribution is 7.13. The number of ether oxygens (including phenoxy) is 2. The van der Waals surface area contributed by atoms with Crippen LogP contribution in [0.15, 0.2) is 54.0 Å². The quantitative estimate of drug-likeness (QED) is 0.567. The Morgan fingerprint density at radius 3 is 2.68 bits per heavy atom. The van der Waals surface area contributed by atoms with Gasteiger partial charge >= 0.3 is 5.97 Å². The summed E-state index contributed by atoms with van der Waals surface area (Å²) < 4.78 is 10.4. The van der Waals surface area contributed by atoms with Crippen LogP contribution in [0.25, 0.3) is 10.7 Å². The van der Waals surface area contributed by atoms with Crippen LogP contribution in [0.2, 0.25) is 0 Å². The summed E-state index contributed by atoms with van der Waals surface area (Å²) in [5.41, 5.74) is 3.08. The number of amides is 1. The van der Waals surface area contributed by atoms with Crippen molar-refractivity contribution in [2.45, 2.75) is 6.42 Å². The van der Waals surface area contributed by atoms with Gasteiger partial charge in [0.2, 0.25) is 0 Å². The molecule has 31 heavy (non-hydrogen) atoms. The van der Waals surface area contributed by atoms with Crippen LogP contribution in [-0.4, -0.2) is 54.8 Å². The fourth-order valence-corrected chi connectivity index (χ4v) is 3.91. The summed E-state index contributed by atoms with van der Waals surface area (Å²) in [6.07, 6.45) is 1.70. The number of aromatic nitrogens is 2. The van der Waals surface area contributed by atoms with E-state index in [-0.39, 0.29) is 18.9 Å². The van der Waals surface area contributed by atoms with E-state index < -0.39 is 5.97 Å². The van der Waals surface area contributed by atoms with Gasteiger partial charge in [0.15, 0.2) is 6.61 Å². The number of benzene rings is 1. The topological polar surface area (TPSA) is 93.7 Å². The molecule has 1 N–H and O–H groups in total. The molecule has 1 fully saturated rings. The molecule has 3 heterocycles. The van der Waals surface area contributed by atoms with Crippen LogP contribution in [0.1, 0.15) is 5.69 Å². The Morgan fingerprint density at radius 1 is 1.13 bits per heavy atom. The SMILES string of the molecule is O=C(COC(=O)Cc1csc(-c2ccccn2)n1)Nc1ccc(N2CCOCC2)cc1. The minimum absolute atomic E-state index is 0.00482. The Bertz CT molecular complexity index is 1020. The van der Waals surface area contributed by atoms with E-state index in [0.717, 1.165) is 42.7 Å². The molecule has 0 radical (unpaired) electrons. The van der Waals surface area contributed by atoms with Gasteiger partial charge in [0, 0.05) is 36.0 Å². The molecule has 0 aliphatic carbocycles. The fraction of sp³-hybridized carbons (Fsp3) is 0.273. The summed E-state index contributed by atoms with van der Waals surface area (Å²) in [6, 6.07) is 13.1. The number of hydrogen-bond acceptors (Lipinski definition) is 8. The molecule has 1 aromatic carbocycles. The van der Waals surface area contributed by atoms with Crippen LogP contribution < -0.4 is 10.2 Å². The molecule has 0 spiro atoms. The Balaban J connectivity index is 1.22. The van der Waals surface area contributed by atoms with E-state index in [1.54, 1.807) is 11.6 Å². The smallest absolute Gasteiger partial charge is 0.312 e. The first-order valence-corrected chi connectivity index (χ1v) is 10.8. The zero-order chi connectivity index (χ0) is 21.5. The summed E-state index contributed by atoms with van der Waals surface area (Å²) in [4.78, 5) is 35.1. The zero-order valence-electron chi connectivity index (χ0n) is 16.8. The molecular formula is C22H22N4O4S. The lowest BCUT2D eigenvalue weighted by atomic mass is 10.2. The second kappa shape index (κ2) is 10.1. The van der Waals surface area contributed by atoms with Crippen molar-refractivity contribution >= 4 is 34.6 Å². The lowest BCUT2D eigenvalue weighted by molar-refractivity contribution is -0.146. The molecule has 0 bridgehead atoms. The molecule has 3 aromatic rings. The average Bonchev–Trinajstić information content (AvgIpc) is 3.28. The summed E-state index contributed by atoms with van der Waals surface area (Å²) in [7, 11) is 0. The molecule has 0 unspecified atom stereocenters. The molecule has 1 amide bonds. The predicted molar refractivity (Wildman–Crippen MR) is 118 cm³/mol. The summed E-state index contributed by atoms with van der Waals surface area (Å²) >= 11 is 1.41. The number of nitrogens with one attached hydrogen (secondary N) is 1. The van der Waals surface area contributed by atoms with Crippen molar-refractivity contribution in [2.75, 3.05) is 43.1 Å². The van der Waals surface area contributed by atoms with Crippen molar-refractivity contribution in [1.29, 1.82) is 0 Å². The van der Waals surface area contributed by atoms with Gasteiger partial charge in [0.05, 0.1) is 31.0 Å². The largest absolute Gasteiger partial charge is 0.455 e. The molecule has 4 rings (SSSR count). The van der Waals surface area contributed by atoms with Crippen LogP contribution in [-0.2, 0) is 25.5 Å². The third-order valence-electron chi connectivity index (χ3n) is 4.65. The third kappa shape index (κ3) is 5.87. The lowest BCUT2D eigenvalue weighted by Crippen LogP contribution is -2.36.